The fourth-order valence-electron chi connectivity index (χ4n) is 1.05. The summed E-state index contributed by atoms with van der Waals surface area (Å²) in [5.41, 5.74) is 0.347. The summed E-state index contributed by atoms with van der Waals surface area (Å²) in [6.07, 6.45) is 0. The highest BCUT2D eigenvalue weighted by molar-refractivity contribution is 9.11. The number of hydrogen-bond donors (Lipinski definition) is 1. The van der Waals surface area contributed by atoms with Crippen LogP contribution in [0.1, 0.15) is 5.56 Å². The van der Waals surface area contributed by atoms with Crippen molar-refractivity contribution in [1.82, 2.24) is 5.32 Å². The molecule has 1 rings (SSSR count). The average Bonchev–Trinajstić information content (AvgIpc) is 2.13. The van der Waals surface area contributed by atoms with Gasteiger partial charge in [0.1, 0.15) is 0 Å². The summed E-state index contributed by atoms with van der Waals surface area (Å²) < 4.78 is 38.8. The first kappa shape index (κ1) is 12.3. The predicted octanol–water partition coefficient (Wildman–Crippen LogP) is 3.10. The maximum absolute atomic E-state index is 12.8. The van der Waals surface area contributed by atoms with Crippen molar-refractivity contribution in [3.63, 3.8) is 0 Å². The molecular formula is C10H9BrF3N. The fraction of sp³-hybridized carbons (Fsp3) is 0.200. The summed E-state index contributed by atoms with van der Waals surface area (Å²) in [5.74, 6) is -3.79. The van der Waals surface area contributed by atoms with Gasteiger partial charge in [0, 0.05) is 17.6 Å². The maximum Gasteiger partial charge on any atom is 0.194 e. The third-order valence-corrected chi connectivity index (χ3v) is 1.97. The smallest absolute Gasteiger partial charge is 0.194 e. The van der Waals surface area contributed by atoms with Gasteiger partial charge in [-0.05, 0) is 17.7 Å². The topological polar surface area (TPSA) is 12.0 Å². The van der Waals surface area contributed by atoms with Gasteiger partial charge in [-0.1, -0.05) is 22.5 Å². The summed E-state index contributed by atoms with van der Waals surface area (Å²) in [5, 5.41) is 2.87. The van der Waals surface area contributed by atoms with E-state index in [4.69, 9.17) is 0 Å². The minimum Gasteiger partial charge on any atom is -0.308 e. The Morgan fingerprint density at radius 1 is 1.27 bits per heavy atom. The van der Waals surface area contributed by atoms with E-state index < -0.39 is 17.5 Å². The summed E-state index contributed by atoms with van der Waals surface area (Å²) in [7, 11) is 0. The van der Waals surface area contributed by atoms with Crippen molar-refractivity contribution in [2.45, 2.75) is 6.54 Å². The van der Waals surface area contributed by atoms with E-state index >= 15 is 0 Å². The summed E-state index contributed by atoms with van der Waals surface area (Å²) in [4.78, 5) is 0. The lowest BCUT2D eigenvalue weighted by atomic mass is 10.2. The van der Waals surface area contributed by atoms with Crippen LogP contribution < -0.4 is 5.32 Å². The van der Waals surface area contributed by atoms with E-state index in [0.717, 1.165) is 16.6 Å². The first-order valence-electron chi connectivity index (χ1n) is 4.18. The molecule has 1 nitrogen and oxygen atoms in total. The van der Waals surface area contributed by atoms with Gasteiger partial charge in [-0.25, -0.2) is 13.2 Å². The van der Waals surface area contributed by atoms with Gasteiger partial charge in [0.15, 0.2) is 17.5 Å². The van der Waals surface area contributed by atoms with Crippen LogP contribution in [0.4, 0.5) is 13.2 Å². The number of benzene rings is 1. The van der Waals surface area contributed by atoms with Crippen LogP contribution in [0.2, 0.25) is 0 Å². The lowest BCUT2D eigenvalue weighted by molar-refractivity contribution is 0.444. The van der Waals surface area contributed by atoms with E-state index in [2.05, 4.69) is 27.8 Å². The Bertz CT molecular complexity index is 356. The SMILES string of the molecule is C=C(Br)CNCc1cc(F)c(F)c(F)c1. The van der Waals surface area contributed by atoms with Crippen LogP contribution in [0.25, 0.3) is 0 Å². The highest BCUT2D eigenvalue weighted by Crippen LogP contribution is 2.13. The Hall–Kier alpha value is -0.810. The third kappa shape index (κ3) is 3.68. The molecule has 0 aliphatic rings. The van der Waals surface area contributed by atoms with Gasteiger partial charge in [0.2, 0.25) is 0 Å². The quantitative estimate of drug-likeness (QED) is 0.836. The largest absolute Gasteiger partial charge is 0.308 e. The van der Waals surface area contributed by atoms with Gasteiger partial charge in [-0.2, -0.15) is 0 Å². The number of rotatable bonds is 4. The lowest BCUT2D eigenvalue weighted by Gasteiger charge is -2.04. The molecule has 0 atom stereocenters. The van der Waals surface area contributed by atoms with Crippen molar-refractivity contribution in [3.05, 3.63) is 46.2 Å². The standard InChI is InChI=1S/C10H9BrF3N/c1-6(11)4-15-5-7-2-8(12)10(14)9(13)3-7/h2-3,15H,1,4-5H2. The van der Waals surface area contributed by atoms with E-state index in [0.29, 0.717) is 12.1 Å². The van der Waals surface area contributed by atoms with Crippen LogP contribution in [0, 0.1) is 17.5 Å². The van der Waals surface area contributed by atoms with Gasteiger partial charge < -0.3 is 5.32 Å². The molecule has 0 aromatic heterocycles. The Kier molecular flexibility index (Phi) is 4.35. The van der Waals surface area contributed by atoms with Crippen molar-refractivity contribution in [1.29, 1.82) is 0 Å². The van der Waals surface area contributed by atoms with Crippen molar-refractivity contribution >= 4 is 15.9 Å². The molecular weight excluding hydrogens is 271 g/mol. The van der Waals surface area contributed by atoms with Crippen LogP contribution >= 0.6 is 15.9 Å². The first-order chi connectivity index (χ1) is 7.00. The highest BCUT2D eigenvalue weighted by atomic mass is 79.9. The van der Waals surface area contributed by atoms with Crippen molar-refractivity contribution in [3.8, 4) is 0 Å². The molecule has 1 aromatic carbocycles. The molecule has 0 spiro atoms. The summed E-state index contributed by atoms with van der Waals surface area (Å²) in [6.45, 7) is 4.30. The highest BCUT2D eigenvalue weighted by Gasteiger charge is 2.09. The number of hydrogen-bond acceptors (Lipinski definition) is 1. The van der Waals surface area contributed by atoms with E-state index in [1.807, 2.05) is 0 Å². The molecule has 1 aromatic rings. The zero-order valence-electron chi connectivity index (χ0n) is 7.79. The van der Waals surface area contributed by atoms with Crippen molar-refractivity contribution < 1.29 is 13.2 Å². The summed E-state index contributed by atoms with van der Waals surface area (Å²) >= 11 is 3.12. The zero-order valence-corrected chi connectivity index (χ0v) is 9.37. The number of nitrogens with one attached hydrogen (secondary N) is 1. The third-order valence-electron chi connectivity index (χ3n) is 1.69. The van der Waals surface area contributed by atoms with Crippen LogP contribution in [-0.4, -0.2) is 6.54 Å². The Morgan fingerprint density at radius 3 is 2.27 bits per heavy atom. The Morgan fingerprint density at radius 2 is 1.80 bits per heavy atom. The molecule has 0 heterocycles. The second-order valence-corrected chi connectivity index (χ2v) is 4.12. The minimum absolute atomic E-state index is 0.249. The van der Waals surface area contributed by atoms with Crippen LogP contribution in [0.15, 0.2) is 23.2 Å². The Labute approximate surface area is 94.1 Å². The van der Waals surface area contributed by atoms with Gasteiger partial charge in [0.05, 0.1) is 0 Å². The predicted molar refractivity (Wildman–Crippen MR) is 56.1 cm³/mol. The van der Waals surface area contributed by atoms with Crippen LogP contribution in [0.3, 0.4) is 0 Å². The van der Waals surface area contributed by atoms with Gasteiger partial charge >= 0.3 is 0 Å². The molecule has 0 saturated heterocycles. The van der Waals surface area contributed by atoms with Crippen molar-refractivity contribution in [2.24, 2.45) is 0 Å². The van der Waals surface area contributed by atoms with Crippen LogP contribution in [-0.2, 0) is 6.54 Å². The molecule has 0 aliphatic heterocycles. The van der Waals surface area contributed by atoms with Crippen molar-refractivity contribution in [2.75, 3.05) is 6.54 Å². The second kappa shape index (κ2) is 5.32. The van der Waals surface area contributed by atoms with Gasteiger partial charge in [0.25, 0.3) is 0 Å². The molecule has 0 bridgehead atoms. The lowest BCUT2D eigenvalue weighted by Crippen LogP contribution is -2.15. The molecule has 82 valence electrons. The average molecular weight is 280 g/mol. The van der Waals surface area contributed by atoms with E-state index in [1.54, 1.807) is 0 Å². The van der Waals surface area contributed by atoms with E-state index in [9.17, 15) is 13.2 Å². The molecule has 5 heteroatoms. The van der Waals surface area contributed by atoms with E-state index in [-0.39, 0.29) is 6.54 Å². The molecule has 0 amide bonds. The molecule has 0 saturated carbocycles. The Balaban J connectivity index is 2.66. The van der Waals surface area contributed by atoms with Gasteiger partial charge in [-0.15, -0.1) is 0 Å². The molecule has 0 radical (unpaired) electrons. The fourth-order valence-corrected chi connectivity index (χ4v) is 1.25. The molecule has 0 aliphatic carbocycles. The second-order valence-electron chi connectivity index (χ2n) is 2.99. The molecule has 1 N–H and O–H groups in total. The molecule has 0 unspecified atom stereocenters. The van der Waals surface area contributed by atoms with E-state index in [1.165, 1.54) is 0 Å². The minimum atomic E-state index is -1.44. The monoisotopic (exact) mass is 279 g/mol. The molecule has 15 heavy (non-hydrogen) atoms. The normalized spacial score (nSPS) is 10.4. The number of halogens is 4. The first-order valence-corrected chi connectivity index (χ1v) is 4.97. The summed E-state index contributed by atoms with van der Waals surface area (Å²) in [6, 6.07) is 1.92. The van der Waals surface area contributed by atoms with Gasteiger partial charge in [-0.3, -0.25) is 0 Å². The zero-order chi connectivity index (χ0) is 11.4. The van der Waals surface area contributed by atoms with Crippen LogP contribution in [0.5, 0.6) is 0 Å². The maximum atomic E-state index is 12.8. The molecule has 0 fully saturated rings.